The van der Waals surface area contributed by atoms with Crippen LogP contribution in [0, 0.1) is 0 Å². The van der Waals surface area contributed by atoms with Gasteiger partial charge in [-0.2, -0.15) is 0 Å². The summed E-state index contributed by atoms with van der Waals surface area (Å²) in [6.07, 6.45) is 0. The summed E-state index contributed by atoms with van der Waals surface area (Å²) in [4.78, 5) is 11.2. The van der Waals surface area contributed by atoms with Crippen LogP contribution in [0.5, 0.6) is 5.75 Å². The number of rotatable bonds is 5. The molecule has 1 unspecified atom stereocenters. The van der Waals surface area contributed by atoms with Gasteiger partial charge in [0, 0.05) is 0 Å². The van der Waals surface area contributed by atoms with E-state index in [0.717, 1.165) is 4.19 Å². The van der Waals surface area contributed by atoms with Gasteiger partial charge < -0.3 is 9.26 Å². The Hall–Kier alpha value is -1.03. The fourth-order valence-electron chi connectivity index (χ4n) is 1.05. The van der Waals surface area contributed by atoms with Crippen LogP contribution in [0.3, 0.4) is 0 Å². The van der Waals surface area contributed by atoms with Crippen LogP contribution in [0.25, 0.3) is 0 Å². The summed E-state index contributed by atoms with van der Waals surface area (Å²) < 4.78 is 22.2. The first-order valence-corrected chi connectivity index (χ1v) is 6.46. The van der Waals surface area contributed by atoms with Gasteiger partial charge in [0.05, 0.1) is 7.11 Å². The van der Waals surface area contributed by atoms with Crippen molar-refractivity contribution < 1.29 is 18.6 Å². The van der Waals surface area contributed by atoms with E-state index in [1.807, 2.05) is 0 Å². The molecule has 0 saturated carbocycles. The zero-order valence-electron chi connectivity index (χ0n) is 9.42. The van der Waals surface area contributed by atoms with Crippen LogP contribution in [0.2, 0.25) is 0 Å². The van der Waals surface area contributed by atoms with Crippen LogP contribution in [0.15, 0.2) is 30.3 Å². The average molecular weight is 278 g/mol. The van der Waals surface area contributed by atoms with Crippen molar-refractivity contribution in [3.63, 3.8) is 0 Å². The normalized spacial score (nSPS) is 14.1. The zero-order valence-corrected chi connectivity index (χ0v) is 11.2. The quantitative estimate of drug-likeness (QED) is 0.470. The maximum absolute atomic E-state index is 11.7. The van der Waals surface area contributed by atoms with Crippen molar-refractivity contribution in [3.8, 4) is 5.75 Å². The number of para-hydroxylation sites is 1. The van der Waals surface area contributed by atoms with Gasteiger partial charge in [-0.3, -0.25) is 9.36 Å². The Morgan fingerprint density at radius 3 is 2.53 bits per heavy atom. The number of methoxy groups -OCH3 is 1. The summed E-state index contributed by atoms with van der Waals surface area (Å²) in [6, 6.07) is 7.75. The van der Waals surface area contributed by atoms with E-state index in [1.54, 1.807) is 30.3 Å². The molecule has 0 saturated heterocycles. The van der Waals surface area contributed by atoms with E-state index in [1.165, 1.54) is 14.0 Å². The van der Waals surface area contributed by atoms with Crippen molar-refractivity contribution in [2.45, 2.75) is 13.0 Å². The number of carbonyl (C=O) groups excluding carboxylic acids is 1. The molecule has 1 rings (SSSR count). The minimum absolute atomic E-state index is 0.430. The van der Waals surface area contributed by atoms with E-state index < -0.39 is 20.2 Å². The Kier molecular flexibility index (Phi) is 5.48. The molecule has 0 aliphatic carbocycles. The van der Waals surface area contributed by atoms with Gasteiger partial charge in [-0.15, -0.1) is 4.19 Å². The number of hydrogen-bond acceptors (Lipinski definition) is 4. The molecule has 0 N–H and O–H groups in total. The highest BCUT2D eigenvalue weighted by molar-refractivity contribution is 7.38. The molecule has 17 heavy (non-hydrogen) atoms. The largest absolute Gasteiger partial charge is 0.468 e. The molecule has 0 radical (unpaired) electrons. The van der Waals surface area contributed by atoms with Crippen molar-refractivity contribution in [1.29, 1.82) is 0 Å². The predicted molar refractivity (Wildman–Crippen MR) is 65.2 cm³/mol. The lowest BCUT2D eigenvalue weighted by Crippen LogP contribution is -2.29. The van der Waals surface area contributed by atoms with Crippen LogP contribution >= 0.6 is 20.0 Å². The third kappa shape index (κ3) is 4.04. The van der Waals surface area contributed by atoms with Gasteiger partial charge in [0.2, 0.25) is 0 Å². The second-order valence-corrected chi connectivity index (χ2v) is 5.06. The molecule has 0 fully saturated rings. The molecule has 0 aromatic heterocycles. The van der Waals surface area contributed by atoms with E-state index in [9.17, 15) is 9.36 Å². The molecule has 0 heterocycles. The third-order valence-electron chi connectivity index (χ3n) is 2.01. The number of esters is 1. The maximum atomic E-state index is 11.7. The molecule has 0 amide bonds. The fraction of sp³-hybridized carbons (Fsp3) is 0.300. The van der Waals surface area contributed by atoms with Crippen molar-refractivity contribution in [1.82, 2.24) is 4.19 Å². The van der Waals surface area contributed by atoms with Crippen LogP contribution in [-0.2, 0) is 14.1 Å². The Morgan fingerprint density at radius 2 is 2.00 bits per heavy atom. The van der Waals surface area contributed by atoms with Crippen LogP contribution < -0.4 is 4.52 Å². The molecule has 7 heteroatoms. The Labute approximate surface area is 105 Å². The van der Waals surface area contributed by atoms with Crippen molar-refractivity contribution in [2.75, 3.05) is 7.11 Å². The number of carbonyl (C=O) groups is 1. The second kappa shape index (κ2) is 6.64. The summed E-state index contributed by atoms with van der Waals surface area (Å²) in [5, 5.41) is 0. The lowest BCUT2D eigenvalue weighted by atomic mass is 10.3. The standard InChI is InChI=1S/C10H13ClNO4P/c1-8(10(13)15-2)12(11)17(14)16-9-6-4-3-5-7-9/h3-8,17H,1-2H3/t8-/m0/s1. The van der Waals surface area contributed by atoms with E-state index >= 15 is 0 Å². The van der Waals surface area contributed by atoms with Gasteiger partial charge in [-0.1, -0.05) is 18.2 Å². The molecule has 94 valence electrons. The molecule has 5 nitrogen and oxygen atoms in total. The third-order valence-corrected chi connectivity index (χ3v) is 3.86. The zero-order chi connectivity index (χ0) is 12.8. The van der Waals surface area contributed by atoms with Crippen molar-refractivity contribution in [2.24, 2.45) is 0 Å². The molecular formula is C10H13ClNO4P. The highest BCUT2D eigenvalue weighted by Crippen LogP contribution is 2.34. The summed E-state index contributed by atoms with van der Waals surface area (Å²) in [6.45, 7) is 1.48. The molecule has 2 atom stereocenters. The first kappa shape index (κ1) is 14.0. The molecule has 0 bridgehead atoms. The Balaban J connectivity index is 2.62. The Morgan fingerprint density at radius 1 is 1.41 bits per heavy atom. The van der Waals surface area contributed by atoms with Gasteiger partial charge in [0.1, 0.15) is 11.8 Å². The van der Waals surface area contributed by atoms with Crippen molar-refractivity contribution >= 4 is 25.9 Å². The minimum atomic E-state index is -2.73. The molecule has 0 spiro atoms. The highest BCUT2D eigenvalue weighted by Gasteiger charge is 2.26. The van der Waals surface area contributed by atoms with Gasteiger partial charge in [-0.05, 0) is 30.8 Å². The second-order valence-electron chi connectivity index (χ2n) is 3.19. The highest BCUT2D eigenvalue weighted by atomic mass is 35.5. The topological polar surface area (TPSA) is 55.8 Å². The molecule has 0 aliphatic heterocycles. The predicted octanol–water partition coefficient (Wildman–Crippen LogP) is 2.47. The number of benzene rings is 1. The summed E-state index contributed by atoms with van der Waals surface area (Å²) in [5.41, 5.74) is 0. The number of nitrogens with zero attached hydrogens (tertiary/aromatic N) is 1. The fourth-order valence-corrected chi connectivity index (χ4v) is 2.08. The molecule has 1 aromatic rings. The maximum Gasteiger partial charge on any atom is 0.324 e. The van der Waals surface area contributed by atoms with Crippen LogP contribution in [0.1, 0.15) is 6.92 Å². The van der Waals surface area contributed by atoms with Crippen LogP contribution in [0.4, 0.5) is 0 Å². The SMILES string of the molecule is COC(=O)[C@H](C)N(Cl)[PH](=O)Oc1ccccc1. The molecular weight excluding hydrogens is 265 g/mol. The first-order chi connectivity index (χ1) is 8.06. The van der Waals surface area contributed by atoms with Gasteiger partial charge in [0.15, 0.2) is 0 Å². The average Bonchev–Trinajstić information content (AvgIpc) is 2.37. The lowest BCUT2D eigenvalue weighted by Gasteiger charge is -2.18. The smallest absolute Gasteiger partial charge is 0.324 e. The summed E-state index contributed by atoms with van der Waals surface area (Å²) in [5.74, 6) is -0.144. The van der Waals surface area contributed by atoms with Crippen molar-refractivity contribution in [3.05, 3.63) is 30.3 Å². The van der Waals surface area contributed by atoms with Gasteiger partial charge in [0.25, 0.3) is 0 Å². The first-order valence-electron chi connectivity index (χ1n) is 4.86. The number of ether oxygens (including phenoxy) is 1. The van der Waals surface area contributed by atoms with E-state index in [4.69, 9.17) is 16.3 Å². The molecule has 1 aromatic carbocycles. The lowest BCUT2D eigenvalue weighted by molar-refractivity contribution is -0.143. The monoisotopic (exact) mass is 277 g/mol. The minimum Gasteiger partial charge on any atom is -0.468 e. The van der Waals surface area contributed by atoms with Gasteiger partial charge >= 0.3 is 14.1 Å². The van der Waals surface area contributed by atoms with E-state index in [2.05, 4.69) is 4.74 Å². The number of hydrogen-bond donors (Lipinski definition) is 0. The van der Waals surface area contributed by atoms with Crippen LogP contribution in [-0.4, -0.2) is 23.3 Å². The van der Waals surface area contributed by atoms with Gasteiger partial charge in [-0.25, -0.2) is 0 Å². The summed E-state index contributed by atoms with van der Waals surface area (Å²) in [7, 11) is -1.49. The van der Waals surface area contributed by atoms with E-state index in [-0.39, 0.29) is 0 Å². The molecule has 0 aliphatic rings. The Bertz CT molecular complexity index is 401. The summed E-state index contributed by atoms with van der Waals surface area (Å²) >= 11 is 5.75. The van der Waals surface area contributed by atoms with E-state index in [0.29, 0.717) is 5.75 Å². The number of halogens is 1.